The molecule has 0 unspecified atom stereocenters. The van der Waals surface area contributed by atoms with Crippen LogP contribution in [-0.2, 0) is 17.5 Å². The Morgan fingerprint density at radius 2 is 2.03 bits per heavy atom. The summed E-state index contributed by atoms with van der Waals surface area (Å²) in [6.45, 7) is 0.133. The molecule has 162 valence electrons. The van der Waals surface area contributed by atoms with Crippen molar-refractivity contribution in [1.29, 1.82) is 0 Å². The topological polar surface area (TPSA) is 132 Å². The van der Waals surface area contributed by atoms with Crippen LogP contribution in [0.2, 0.25) is 5.02 Å². The van der Waals surface area contributed by atoms with Crippen LogP contribution in [0.5, 0.6) is 0 Å². The molecule has 0 fully saturated rings. The third-order valence-electron chi connectivity index (χ3n) is 4.11. The summed E-state index contributed by atoms with van der Waals surface area (Å²) in [6.07, 6.45) is -3.23. The van der Waals surface area contributed by atoms with Crippen molar-refractivity contribution in [2.75, 3.05) is 10.3 Å². The van der Waals surface area contributed by atoms with Crippen LogP contribution in [0.15, 0.2) is 42.6 Å². The van der Waals surface area contributed by atoms with Crippen LogP contribution in [0.1, 0.15) is 21.7 Å². The van der Waals surface area contributed by atoms with Crippen LogP contribution in [0.3, 0.4) is 0 Å². The van der Waals surface area contributed by atoms with Crippen LogP contribution in [-0.4, -0.2) is 27.1 Å². The van der Waals surface area contributed by atoms with Crippen LogP contribution in [0, 0.1) is 0 Å². The number of hydrazine groups is 1. The molecule has 0 saturated carbocycles. The third kappa shape index (κ3) is 4.66. The first-order valence-corrected chi connectivity index (χ1v) is 8.95. The molecule has 5 N–H and O–H groups in total. The van der Waals surface area contributed by atoms with E-state index >= 15 is 0 Å². The van der Waals surface area contributed by atoms with Gasteiger partial charge in [-0.15, -0.1) is 0 Å². The number of nitrogens with zero attached hydrogens (tertiary/aromatic N) is 4. The van der Waals surface area contributed by atoms with E-state index in [9.17, 15) is 22.8 Å². The summed E-state index contributed by atoms with van der Waals surface area (Å²) in [5.74, 6) is 4.48. The highest BCUT2D eigenvalue weighted by atomic mass is 35.5. The molecule has 13 heteroatoms. The zero-order chi connectivity index (χ0) is 22.8. The van der Waals surface area contributed by atoms with Gasteiger partial charge in [0.2, 0.25) is 6.41 Å². The lowest BCUT2D eigenvalue weighted by Crippen LogP contribution is -2.30. The van der Waals surface area contributed by atoms with Gasteiger partial charge in [0.25, 0.3) is 5.91 Å². The van der Waals surface area contributed by atoms with Crippen LogP contribution in [0.25, 0.3) is 5.82 Å². The fraction of sp³-hybridized carbons (Fsp3) is 0.111. The van der Waals surface area contributed by atoms with Gasteiger partial charge in [-0.2, -0.15) is 18.3 Å². The van der Waals surface area contributed by atoms with E-state index in [-0.39, 0.29) is 28.8 Å². The summed E-state index contributed by atoms with van der Waals surface area (Å²) < 4.78 is 40.4. The Labute approximate surface area is 178 Å². The molecule has 3 rings (SSSR count). The number of carbonyl (C=O) groups is 2. The summed E-state index contributed by atoms with van der Waals surface area (Å²) in [5.41, 5.74) is 4.52. The monoisotopic (exact) mass is 453 g/mol. The SMILES string of the molecule is NCc1ccc(NC(=O)c2cc(C(F)(F)F)nn2-c2ncccc2Cl)c(N(N)C=O)c1. The van der Waals surface area contributed by atoms with Gasteiger partial charge in [0, 0.05) is 18.8 Å². The molecule has 2 heterocycles. The number of anilines is 2. The fourth-order valence-electron chi connectivity index (χ4n) is 2.64. The number of carbonyl (C=O) groups excluding carboxylic acids is 2. The minimum absolute atomic E-state index is 0.0181. The predicted octanol–water partition coefficient (Wildman–Crippen LogP) is 2.49. The van der Waals surface area contributed by atoms with E-state index in [0.29, 0.717) is 27.7 Å². The van der Waals surface area contributed by atoms with Gasteiger partial charge in [0.15, 0.2) is 11.5 Å². The average Bonchev–Trinajstić information content (AvgIpc) is 3.19. The van der Waals surface area contributed by atoms with Gasteiger partial charge in [0.1, 0.15) is 5.69 Å². The van der Waals surface area contributed by atoms with Gasteiger partial charge in [0.05, 0.1) is 16.4 Å². The van der Waals surface area contributed by atoms with Crippen LogP contribution >= 0.6 is 11.6 Å². The number of pyridine rings is 1. The minimum Gasteiger partial charge on any atom is -0.326 e. The lowest BCUT2D eigenvalue weighted by atomic mass is 10.1. The number of amides is 2. The van der Waals surface area contributed by atoms with E-state index in [0.717, 1.165) is 0 Å². The zero-order valence-electron chi connectivity index (χ0n) is 15.6. The van der Waals surface area contributed by atoms with Crippen LogP contribution in [0.4, 0.5) is 24.5 Å². The van der Waals surface area contributed by atoms with Gasteiger partial charge in [-0.1, -0.05) is 17.7 Å². The summed E-state index contributed by atoms with van der Waals surface area (Å²) in [4.78, 5) is 27.9. The van der Waals surface area contributed by atoms with Gasteiger partial charge in [-0.3, -0.25) is 9.59 Å². The van der Waals surface area contributed by atoms with Crippen molar-refractivity contribution in [3.63, 3.8) is 0 Å². The summed E-state index contributed by atoms with van der Waals surface area (Å²) >= 11 is 6.03. The van der Waals surface area contributed by atoms with Crippen molar-refractivity contribution in [2.24, 2.45) is 11.6 Å². The zero-order valence-corrected chi connectivity index (χ0v) is 16.4. The number of benzene rings is 1. The highest BCUT2D eigenvalue weighted by molar-refractivity contribution is 6.32. The molecular formula is C18H15ClF3N7O2. The number of hydrogen-bond acceptors (Lipinski definition) is 6. The molecule has 0 saturated heterocycles. The average molecular weight is 454 g/mol. The Hall–Kier alpha value is -3.48. The van der Waals surface area contributed by atoms with E-state index in [1.165, 1.54) is 30.5 Å². The molecule has 9 nitrogen and oxygen atoms in total. The number of halogens is 4. The van der Waals surface area contributed by atoms with Crippen molar-refractivity contribution < 1.29 is 22.8 Å². The number of hydrogen-bond donors (Lipinski definition) is 3. The third-order valence-corrected chi connectivity index (χ3v) is 4.40. The molecule has 31 heavy (non-hydrogen) atoms. The summed E-state index contributed by atoms with van der Waals surface area (Å²) in [5, 5.41) is 6.56. The van der Waals surface area contributed by atoms with Gasteiger partial charge < -0.3 is 11.1 Å². The predicted molar refractivity (Wildman–Crippen MR) is 106 cm³/mol. The molecule has 3 aromatic rings. The van der Waals surface area contributed by atoms with Crippen molar-refractivity contribution in [3.05, 3.63) is 64.6 Å². The smallest absolute Gasteiger partial charge is 0.326 e. The Kier molecular flexibility index (Phi) is 6.24. The molecule has 0 radical (unpaired) electrons. The lowest BCUT2D eigenvalue weighted by Gasteiger charge is -2.17. The molecule has 0 aliphatic carbocycles. The second kappa shape index (κ2) is 8.71. The maximum absolute atomic E-state index is 13.3. The number of nitrogens with two attached hydrogens (primary N) is 2. The second-order valence-corrected chi connectivity index (χ2v) is 6.56. The second-order valence-electron chi connectivity index (χ2n) is 6.16. The largest absolute Gasteiger partial charge is 0.435 e. The molecule has 0 spiro atoms. The summed E-state index contributed by atoms with van der Waals surface area (Å²) in [7, 11) is 0. The number of nitrogens with one attached hydrogen (secondary N) is 1. The Morgan fingerprint density at radius 1 is 1.29 bits per heavy atom. The Balaban J connectivity index is 2.07. The van der Waals surface area contributed by atoms with Crippen LogP contribution < -0.4 is 21.9 Å². The molecular weight excluding hydrogens is 439 g/mol. The van der Waals surface area contributed by atoms with Gasteiger partial charge in [-0.25, -0.2) is 20.5 Å². The number of rotatable bonds is 6. The van der Waals surface area contributed by atoms with Crippen molar-refractivity contribution in [2.45, 2.75) is 12.7 Å². The van der Waals surface area contributed by atoms with Gasteiger partial charge in [-0.05, 0) is 29.8 Å². The molecule has 1 aromatic carbocycles. The van der Waals surface area contributed by atoms with E-state index in [1.807, 2.05) is 0 Å². The minimum atomic E-state index is -4.82. The maximum atomic E-state index is 13.3. The van der Waals surface area contributed by atoms with Crippen molar-refractivity contribution >= 4 is 35.3 Å². The van der Waals surface area contributed by atoms with Crippen molar-refractivity contribution in [1.82, 2.24) is 14.8 Å². The lowest BCUT2D eigenvalue weighted by molar-refractivity contribution is -0.141. The molecule has 0 aliphatic rings. The standard InChI is InChI=1S/C18H15ClF3N7O2/c19-11-2-1-5-25-16(11)29-14(7-15(27-29)18(20,21)22)17(31)26-12-4-3-10(8-23)6-13(12)28(24)9-30/h1-7,9H,8,23-24H2,(H,26,31). The first-order chi connectivity index (χ1) is 14.7. The summed E-state index contributed by atoms with van der Waals surface area (Å²) in [6, 6.07) is 7.86. The van der Waals surface area contributed by atoms with E-state index < -0.39 is 23.5 Å². The normalized spacial score (nSPS) is 11.3. The molecule has 0 bridgehead atoms. The van der Waals surface area contributed by atoms with Crippen molar-refractivity contribution in [3.8, 4) is 5.82 Å². The first-order valence-electron chi connectivity index (χ1n) is 8.57. The Morgan fingerprint density at radius 3 is 2.65 bits per heavy atom. The molecule has 2 aromatic heterocycles. The number of alkyl halides is 3. The molecule has 0 aliphatic heterocycles. The van der Waals surface area contributed by atoms with Gasteiger partial charge >= 0.3 is 6.18 Å². The highest BCUT2D eigenvalue weighted by Gasteiger charge is 2.36. The first kappa shape index (κ1) is 22.2. The highest BCUT2D eigenvalue weighted by Crippen LogP contribution is 2.31. The maximum Gasteiger partial charge on any atom is 0.435 e. The molecule has 0 atom stereocenters. The fourth-order valence-corrected chi connectivity index (χ4v) is 2.84. The molecule has 2 amide bonds. The van der Waals surface area contributed by atoms with E-state index in [2.05, 4.69) is 15.4 Å². The Bertz CT molecular complexity index is 1130. The van der Waals surface area contributed by atoms with E-state index in [4.69, 9.17) is 23.2 Å². The van der Waals surface area contributed by atoms with E-state index in [1.54, 1.807) is 6.07 Å². The number of aromatic nitrogens is 3. The quantitative estimate of drug-likeness (QED) is 0.227.